The predicted octanol–water partition coefficient (Wildman–Crippen LogP) is 5.65. The Morgan fingerprint density at radius 2 is 1.76 bits per heavy atom. The highest BCUT2D eigenvalue weighted by atomic mass is 16.5. The number of esters is 1. The summed E-state index contributed by atoms with van der Waals surface area (Å²) in [7, 11) is 0. The Bertz CT molecular complexity index is 1150. The Labute approximate surface area is 200 Å². The maximum absolute atomic E-state index is 13.5. The van der Waals surface area contributed by atoms with E-state index in [-0.39, 0.29) is 11.9 Å². The fourth-order valence-electron chi connectivity index (χ4n) is 4.14. The van der Waals surface area contributed by atoms with Gasteiger partial charge in [0.05, 0.1) is 23.4 Å². The van der Waals surface area contributed by atoms with Crippen LogP contribution in [0, 0.1) is 6.92 Å². The normalized spacial score (nSPS) is 14.0. The minimum absolute atomic E-state index is 0.0181. The standard InChI is InChI=1S/C27H32N4O3/c1-3-4-17-34-27(33)20-10-12-21(13-11-20)30-24-22-14-9-19(2)29-25(22)28-18-23(24)26(32)31-15-7-5-6-8-16-31/h9-14,18H,3-8,15-17H2,1-2H3,(H,28,29,30). The molecular formula is C27H32N4O3. The molecule has 0 bridgehead atoms. The number of hydrogen-bond acceptors (Lipinski definition) is 6. The molecule has 0 aliphatic carbocycles. The van der Waals surface area contributed by atoms with Gasteiger partial charge in [-0.3, -0.25) is 4.79 Å². The van der Waals surface area contributed by atoms with E-state index in [1.165, 1.54) is 0 Å². The predicted molar refractivity (Wildman–Crippen MR) is 134 cm³/mol. The maximum Gasteiger partial charge on any atom is 0.338 e. The summed E-state index contributed by atoms with van der Waals surface area (Å²) in [6, 6.07) is 11.0. The van der Waals surface area contributed by atoms with E-state index in [1.807, 2.05) is 36.1 Å². The Hall–Kier alpha value is -3.48. The number of anilines is 2. The third-order valence-electron chi connectivity index (χ3n) is 6.11. The number of benzene rings is 1. The number of fused-ring (bicyclic) bond motifs is 1. The van der Waals surface area contributed by atoms with Crippen molar-refractivity contribution in [2.75, 3.05) is 25.0 Å². The third kappa shape index (κ3) is 5.53. The van der Waals surface area contributed by atoms with Crippen molar-refractivity contribution in [2.45, 2.75) is 52.4 Å². The zero-order valence-corrected chi connectivity index (χ0v) is 20.0. The molecule has 3 heterocycles. The number of nitrogens with one attached hydrogen (secondary N) is 1. The van der Waals surface area contributed by atoms with Gasteiger partial charge in [0, 0.05) is 36.1 Å². The zero-order chi connectivity index (χ0) is 23.9. The Morgan fingerprint density at radius 1 is 1.03 bits per heavy atom. The molecule has 4 rings (SSSR count). The smallest absolute Gasteiger partial charge is 0.338 e. The quantitative estimate of drug-likeness (QED) is 0.362. The van der Waals surface area contributed by atoms with Crippen LogP contribution in [0.5, 0.6) is 0 Å². The second-order valence-electron chi connectivity index (χ2n) is 8.77. The Balaban J connectivity index is 1.64. The molecule has 0 saturated carbocycles. The van der Waals surface area contributed by atoms with Crippen LogP contribution in [0.4, 0.5) is 11.4 Å². The summed E-state index contributed by atoms with van der Waals surface area (Å²) in [4.78, 5) is 36.7. The molecule has 1 saturated heterocycles. The summed E-state index contributed by atoms with van der Waals surface area (Å²) >= 11 is 0. The van der Waals surface area contributed by atoms with E-state index >= 15 is 0 Å². The molecule has 7 heteroatoms. The molecule has 178 valence electrons. The Morgan fingerprint density at radius 3 is 2.47 bits per heavy atom. The van der Waals surface area contributed by atoms with Crippen LogP contribution in [0.2, 0.25) is 0 Å². The van der Waals surface area contributed by atoms with E-state index in [4.69, 9.17) is 4.74 Å². The number of pyridine rings is 2. The molecule has 1 amide bonds. The molecule has 0 unspecified atom stereocenters. The average molecular weight is 461 g/mol. The average Bonchev–Trinajstić information content (AvgIpc) is 3.14. The van der Waals surface area contributed by atoms with Crippen LogP contribution in [-0.4, -0.2) is 46.4 Å². The van der Waals surface area contributed by atoms with Gasteiger partial charge in [0.25, 0.3) is 5.91 Å². The van der Waals surface area contributed by atoms with Crippen LogP contribution in [0.3, 0.4) is 0 Å². The lowest BCUT2D eigenvalue weighted by Gasteiger charge is -2.22. The molecule has 3 aromatic rings. The minimum atomic E-state index is -0.328. The number of nitrogens with zero attached hydrogens (tertiary/aromatic N) is 3. The second kappa shape index (κ2) is 11.1. The molecule has 1 fully saturated rings. The van der Waals surface area contributed by atoms with Crippen LogP contribution in [0.15, 0.2) is 42.6 Å². The molecule has 1 aliphatic heterocycles. The lowest BCUT2D eigenvalue weighted by atomic mass is 10.1. The molecule has 7 nitrogen and oxygen atoms in total. The molecular weight excluding hydrogens is 428 g/mol. The first-order valence-electron chi connectivity index (χ1n) is 12.2. The Kier molecular flexibility index (Phi) is 7.72. The van der Waals surface area contributed by atoms with Gasteiger partial charge in [-0.15, -0.1) is 0 Å². The SMILES string of the molecule is CCCCOC(=O)c1ccc(Nc2c(C(=O)N3CCCCCC3)cnc3nc(C)ccc23)cc1. The molecule has 1 aliphatic rings. The number of aromatic nitrogens is 2. The summed E-state index contributed by atoms with van der Waals surface area (Å²) in [6.45, 7) is 5.92. The highest BCUT2D eigenvalue weighted by Gasteiger charge is 2.23. The van der Waals surface area contributed by atoms with Gasteiger partial charge in [-0.2, -0.15) is 0 Å². The van der Waals surface area contributed by atoms with Crippen LogP contribution in [0.1, 0.15) is 71.9 Å². The van der Waals surface area contributed by atoms with Crippen LogP contribution >= 0.6 is 0 Å². The molecule has 0 radical (unpaired) electrons. The van der Waals surface area contributed by atoms with Crippen molar-refractivity contribution in [1.29, 1.82) is 0 Å². The maximum atomic E-state index is 13.5. The molecule has 34 heavy (non-hydrogen) atoms. The number of aryl methyl sites for hydroxylation is 1. The van der Waals surface area contributed by atoms with Crippen molar-refractivity contribution in [3.05, 3.63) is 59.4 Å². The van der Waals surface area contributed by atoms with Crippen molar-refractivity contribution in [3.8, 4) is 0 Å². The topological polar surface area (TPSA) is 84.4 Å². The van der Waals surface area contributed by atoms with E-state index in [0.29, 0.717) is 29.1 Å². The third-order valence-corrected chi connectivity index (χ3v) is 6.11. The van der Waals surface area contributed by atoms with E-state index in [2.05, 4.69) is 22.2 Å². The van der Waals surface area contributed by atoms with Gasteiger partial charge in [0.1, 0.15) is 0 Å². The summed E-state index contributed by atoms with van der Waals surface area (Å²) in [5, 5.41) is 4.20. The van der Waals surface area contributed by atoms with Crippen molar-refractivity contribution in [3.63, 3.8) is 0 Å². The van der Waals surface area contributed by atoms with E-state index < -0.39 is 0 Å². The second-order valence-corrected chi connectivity index (χ2v) is 8.77. The van der Waals surface area contributed by atoms with Crippen molar-refractivity contribution >= 4 is 34.3 Å². The van der Waals surface area contributed by atoms with E-state index in [1.54, 1.807) is 18.3 Å². The molecule has 1 aromatic carbocycles. The lowest BCUT2D eigenvalue weighted by Crippen LogP contribution is -2.32. The van der Waals surface area contributed by atoms with E-state index in [0.717, 1.165) is 68.4 Å². The summed E-state index contributed by atoms with van der Waals surface area (Å²) in [5.74, 6) is -0.346. The number of unbranched alkanes of at least 4 members (excludes halogenated alkanes) is 1. The van der Waals surface area contributed by atoms with E-state index in [9.17, 15) is 9.59 Å². The first-order chi connectivity index (χ1) is 16.6. The number of carbonyl (C=O) groups excluding carboxylic acids is 2. The number of likely N-dealkylation sites (tertiary alicyclic amines) is 1. The number of hydrogen-bond donors (Lipinski definition) is 1. The lowest BCUT2D eigenvalue weighted by molar-refractivity contribution is 0.0499. The monoisotopic (exact) mass is 460 g/mol. The van der Waals surface area contributed by atoms with Crippen LogP contribution < -0.4 is 5.32 Å². The number of ether oxygens (including phenoxy) is 1. The summed E-state index contributed by atoms with van der Waals surface area (Å²) < 4.78 is 5.30. The fourth-order valence-corrected chi connectivity index (χ4v) is 4.14. The molecule has 2 aromatic heterocycles. The number of carbonyl (C=O) groups is 2. The van der Waals surface area contributed by atoms with Crippen molar-refractivity contribution in [2.24, 2.45) is 0 Å². The fraction of sp³-hybridized carbons (Fsp3) is 0.407. The van der Waals surface area contributed by atoms with Crippen LogP contribution in [-0.2, 0) is 4.74 Å². The van der Waals surface area contributed by atoms with Gasteiger partial charge in [0.2, 0.25) is 0 Å². The van der Waals surface area contributed by atoms with Gasteiger partial charge >= 0.3 is 5.97 Å². The van der Waals surface area contributed by atoms with Gasteiger partial charge in [-0.1, -0.05) is 26.2 Å². The highest BCUT2D eigenvalue weighted by Crippen LogP contribution is 2.30. The van der Waals surface area contributed by atoms with Gasteiger partial charge in [-0.05, 0) is 62.6 Å². The first kappa shape index (κ1) is 23.7. The molecule has 1 N–H and O–H groups in total. The van der Waals surface area contributed by atoms with Gasteiger partial charge in [0.15, 0.2) is 5.65 Å². The van der Waals surface area contributed by atoms with Crippen molar-refractivity contribution in [1.82, 2.24) is 14.9 Å². The highest BCUT2D eigenvalue weighted by molar-refractivity contribution is 6.07. The molecule has 0 spiro atoms. The van der Waals surface area contributed by atoms with Gasteiger partial charge in [-0.25, -0.2) is 14.8 Å². The summed E-state index contributed by atoms with van der Waals surface area (Å²) in [5.41, 5.74) is 3.94. The van der Waals surface area contributed by atoms with Crippen molar-refractivity contribution < 1.29 is 14.3 Å². The minimum Gasteiger partial charge on any atom is -0.462 e. The molecule has 0 atom stereocenters. The largest absolute Gasteiger partial charge is 0.462 e. The van der Waals surface area contributed by atoms with Crippen LogP contribution in [0.25, 0.3) is 11.0 Å². The zero-order valence-electron chi connectivity index (χ0n) is 20.0. The summed E-state index contributed by atoms with van der Waals surface area (Å²) in [6.07, 6.45) is 7.80. The van der Waals surface area contributed by atoms with Gasteiger partial charge < -0.3 is 15.0 Å². The first-order valence-corrected chi connectivity index (χ1v) is 12.2. The number of rotatable bonds is 7. The number of amides is 1.